The van der Waals surface area contributed by atoms with Crippen LogP contribution in [0.4, 0.5) is 9.52 Å². The van der Waals surface area contributed by atoms with Crippen molar-refractivity contribution in [3.8, 4) is 17.2 Å². The van der Waals surface area contributed by atoms with Gasteiger partial charge < -0.3 is 14.6 Å². The van der Waals surface area contributed by atoms with E-state index in [0.29, 0.717) is 39.3 Å². The second-order valence-electron chi connectivity index (χ2n) is 10.2. The zero-order chi connectivity index (χ0) is 29.0. The predicted molar refractivity (Wildman–Crippen MR) is 158 cm³/mol. The number of anilines is 1. The molecule has 1 fully saturated rings. The molecule has 2 aliphatic heterocycles. The number of aliphatic hydroxyl groups excluding tert-OH is 1. The second kappa shape index (κ2) is 10.1. The number of rotatable bonds is 5. The van der Waals surface area contributed by atoms with Crippen LogP contribution in [0.2, 0.25) is 0 Å². The molecule has 2 atom stereocenters. The molecule has 0 saturated carbocycles. The van der Waals surface area contributed by atoms with Gasteiger partial charge >= 0.3 is 5.91 Å². The molecule has 0 spiro atoms. The first-order valence-electron chi connectivity index (χ1n) is 13.4. The molecule has 208 valence electrons. The van der Waals surface area contributed by atoms with Crippen molar-refractivity contribution < 1.29 is 28.6 Å². The van der Waals surface area contributed by atoms with Gasteiger partial charge in [0, 0.05) is 12.0 Å². The summed E-state index contributed by atoms with van der Waals surface area (Å²) in [5.74, 6) is -0.591. The van der Waals surface area contributed by atoms with E-state index in [2.05, 4.69) is 4.98 Å². The molecule has 9 heteroatoms. The first kappa shape index (κ1) is 25.9. The molecular formula is C33H23FN2O5S. The molecule has 7 rings (SSSR count). The summed E-state index contributed by atoms with van der Waals surface area (Å²) >= 11 is 1.10. The van der Waals surface area contributed by atoms with E-state index < -0.39 is 23.5 Å². The van der Waals surface area contributed by atoms with Crippen molar-refractivity contribution >= 4 is 44.1 Å². The van der Waals surface area contributed by atoms with Gasteiger partial charge in [-0.3, -0.25) is 14.5 Å². The van der Waals surface area contributed by atoms with Gasteiger partial charge in [0.1, 0.15) is 34.9 Å². The number of fused-ring (bicyclic) bond motifs is 2. The third-order valence-electron chi connectivity index (χ3n) is 7.31. The van der Waals surface area contributed by atoms with Gasteiger partial charge in [0.2, 0.25) is 0 Å². The predicted octanol–water partition coefficient (Wildman–Crippen LogP) is 7.18. The Balaban J connectivity index is 1.38. The number of hydrogen-bond donors (Lipinski definition) is 1. The van der Waals surface area contributed by atoms with Crippen molar-refractivity contribution in [1.82, 2.24) is 4.98 Å². The maximum Gasteiger partial charge on any atom is 0.301 e. The summed E-state index contributed by atoms with van der Waals surface area (Å²) in [6.45, 7) is 1.96. The lowest BCUT2D eigenvalue weighted by Gasteiger charge is -2.23. The molecular weight excluding hydrogens is 555 g/mol. The van der Waals surface area contributed by atoms with Crippen molar-refractivity contribution in [1.29, 1.82) is 0 Å². The van der Waals surface area contributed by atoms with E-state index in [1.807, 2.05) is 37.3 Å². The summed E-state index contributed by atoms with van der Waals surface area (Å²) in [4.78, 5) is 33.2. The number of ether oxygens (including phenoxy) is 2. The number of Topliss-reactive ketones (excluding diaryl/α,β-unsaturated/α-hetero) is 1. The van der Waals surface area contributed by atoms with Gasteiger partial charge in [0.25, 0.3) is 5.78 Å². The fourth-order valence-corrected chi connectivity index (χ4v) is 6.45. The van der Waals surface area contributed by atoms with Gasteiger partial charge in [0.15, 0.2) is 5.13 Å². The van der Waals surface area contributed by atoms with Gasteiger partial charge in [-0.15, -0.1) is 0 Å². The maximum atomic E-state index is 14.0. The molecule has 2 unspecified atom stereocenters. The number of thiazole rings is 1. The number of halogens is 1. The minimum Gasteiger partial charge on any atom is -0.507 e. The molecule has 3 heterocycles. The Hall–Kier alpha value is -5.02. The number of ketones is 1. The van der Waals surface area contributed by atoms with Gasteiger partial charge in [-0.05, 0) is 78.7 Å². The largest absolute Gasteiger partial charge is 0.507 e. The normalized spacial score (nSPS) is 19.2. The van der Waals surface area contributed by atoms with Crippen molar-refractivity contribution in [3.05, 3.63) is 119 Å². The lowest BCUT2D eigenvalue weighted by atomic mass is 9.94. The topological polar surface area (TPSA) is 89.0 Å². The van der Waals surface area contributed by atoms with E-state index in [1.54, 1.807) is 42.5 Å². The Kier molecular flexibility index (Phi) is 6.24. The van der Waals surface area contributed by atoms with Crippen LogP contribution in [0.15, 0.2) is 96.6 Å². The smallest absolute Gasteiger partial charge is 0.301 e. The van der Waals surface area contributed by atoms with Crippen LogP contribution in [-0.4, -0.2) is 27.9 Å². The fourth-order valence-electron chi connectivity index (χ4n) is 5.43. The lowest BCUT2D eigenvalue weighted by molar-refractivity contribution is -0.132. The van der Waals surface area contributed by atoms with Crippen LogP contribution in [0.1, 0.15) is 29.7 Å². The molecule has 4 aromatic carbocycles. The Labute approximate surface area is 244 Å². The minimum atomic E-state index is -1.02. The molecule has 7 nitrogen and oxygen atoms in total. The average Bonchev–Trinajstić information content (AvgIpc) is 3.65. The SMILES string of the molecule is CC1Cc2cc(/C(O)=C3\C(=O)C(=O)N(c4nc5ccc(F)cc5s4)C3c3cccc(Oc4ccccc4)c3)ccc2O1. The van der Waals surface area contributed by atoms with Crippen molar-refractivity contribution in [2.75, 3.05) is 4.90 Å². The number of benzene rings is 4. The first-order valence-corrected chi connectivity index (χ1v) is 14.2. The van der Waals surface area contributed by atoms with Gasteiger partial charge in [-0.1, -0.05) is 41.7 Å². The highest BCUT2D eigenvalue weighted by Crippen LogP contribution is 2.45. The third-order valence-corrected chi connectivity index (χ3v) is 8.33. The number of aliphatic hydroxyl groups is 1. The number of aromatic nitrogens is 1. The third kappa shape index (κ3) is 4.48. The van der Waals surface area contributed by atoms with Gasteiger partial charge in [-0.2, -0.15) is 0 Å². The van der Waals surface area contributed by atoms with E-state index in [0.717, 1.165) is 22.6 Å². The second-order valence-corrected chi connectivity index (χ2v) is 11.2. The zero-order valence-corrected chi connectivity index (χ0v) is 23.1. The molecule has 1 N–H and O–H groups in total. The van der Waals surface area contributed by atoms with Crippen molar-refractivity contribution in [2.24, 2.45) is 0 Å². The number of carbonyl (C=O) groups excluding carboxylic acids is 2. The highest BCUT2D eigenvalue weighted by Gasteiger charge is 2.48. The molecule has 2 aliphatic rings. The molecule has 1 saturated heterocycles. The van der Waals surface area contributed by atoms with Crippen LogP contribution in [0, 0.1) is 5.82 Å². The highest BCUT2D eigenvalue weighted by atomic mass is 32.1. The number of hydrogen-bond acceptors (Lipinski definition) is 7. The zero-order valence-electron chi connectivity index (χ0n) is 22.3. The summed E-state index contributed by atoms with van der Waals surface area (Å²) in [5, 5.41) is 11.8. The van der Waals surface area contributed by atoms with Crippen LogP contribution in [0.5, 0.6) is 17.2 Å². The Bertz CT molecular complexity index is 1920. The van der Waals surface area contributed by atoms with Crippen molar-refractivity contribution in [3.63, 3.8) is 0 Å². The van der Waals surface area contributed by atoms with E-state index in [9.17, 15) is 19.1 Å². The summed E-state index contributed by atoms with van der Waals surface area (Å²) in [5.41, 5.74) is 2.26. The Morgan fingerprint density at radius 3 is 2.64 bits per heavy atom. The Morgan fingerprint density at radius 1 is 1.00 bits per heavy atom. The summed E-state index contributed by atoms with van der Waals surface area (Å²) in [6, 6.07) is 24.6. The fraction of sp³-hybridized carbons (Fsp3) is 0.121. The number of nitrogens with zero attached hydrogens (tertiary/aromatic N) is 2. The van der Waals surface area contributed by atoms with Crippen LogP contribution in [-0.2, 0) is 16.0 Å². The molecule has 1 aromatic heterocycles. The van der Waals surface area contributed by atoms with Gasteiger partial charge in [0.05, 0.1) is 21.8 Å². The molecule has 0 aliphatic carbocycles. The van der Waals surface area contributed by atoms with Crippen LogP contribution < -0.4 is 14.4 Å². The van der Waals surface area contributed by atoms with E-state index in [4.69, 9.17) is 9.47 Å². The minimum absolute atomic E-state index is 0.000738. The highest BCUT2D eigenvalue weighted by molar-refractivity contribution is 7.22. The monoisotopic (exact) mass is 578 g/mol. The van der Waals surface area contributed by atoms with E-state index >= 15 is 0 Å². The molecule has 0 radical (unpaired) electrons. The standard InChI is InChI=1S/C33H23FN2O5S/c1-18-14-21-15-20(10-13-26(21)40-18)30(37)28-29(19-6-5-9-24(16-19)41-23-7-3-2-4-8-23)36(32(39)31(28)38)33-35-25-12-11-22(34)17-27(25)42-33/h2-13,15-18,29,37H,14H2,1H3/b30-28+. The molecule has 1 amide bonds. The quantitative estimate of drug-likeness (QED) is 0.135. The van der Waals surface area contributed by atoms with Crippen LogP contribution >= 0.6 is 11.3 Å². The summed E-state index contributed by atoms with van der Waals surface area (Å²) in [7, 11) is 0. The molecule has 42 heavy (non-hydrogen) atoms. The lowest BCUT2D eigenvalue weighted by Crippen LogP contribution is -2.29. The molecule has 5 aromatic rings. The number of amides is 1. The van der Waals surface area contributed by atoms with Crippen LogP contribution in [0.3, 0.4) is 0 Å². The van der Waals surface area contributed by atoms with E-state index in [-0.39, 0.29) is 22.6 Å². The maximum absolute atomic E-state index is 14.0. The summed E-state index contributed by atoms with van der Waals surface area (Å²) in [6.07, 6.45) is 0.661. The van der Waals surface area contributed by atoms with Gasteiger partial charge in [-0.25, -0.2) is 9.37 Å². The van der Waals surface area contributed by atoms with E-state index in [1.165, 1.54) is 23.1 Å². The number of para-hydroxylation sites is 1. The first-order chi connectivity index (χ1) is 20.4. The van der Waals surface area contributed by atoms with Crippen LogP contribution in [0.25, 0.3) is 16.0 Å². The summed E-state index contributed by atoms with van der Waals surface area (Å²) < 4.78 is 26.3. The molecule has 0 bridgehead atoms. The van der Waals surface area contributed by atoms with Crippen molar-refractivity contribution in [2.45, 2.75) is 25.5 Å². The average molecular weight is 579 g/mol. The number of carbonyl (C=O) groups is 2. The Morgan fingerprint density at radius 2 is 1.81 bits per heavy atom.